The number of nitrogens with one attached hydrogen (secondary N) is 2. The molecule has 0 radical (unpaired) electrons. The maximum Gasteiger partial charge on any atom is 0.267 e. The zero-order valence-corrected chi connectivity index (χ0v) is 14.5. The summed E-state index contributed by atoms with van der Waals surface area (Å²) >= 11 is 0. The standard InChI is InChI=1S/C20H16N4O3/c1-14-11-19(24-27-14)22-13-15(12-21)20(25)23-16-7-9-18(10-8-16)26-17-5-3-2-4-6-17/h2-11,13H,1H3,(H,22,24)(H,23,25)/b15-13-. The first-order valence-corrected chi connectivity index (χ1v) is 8.08. The van der Waals surface area contributed by atoms with Crippen LogP contribution in [0.5, 0.6) is 11.5 Å². The van der Waals surface area contributed by atoms with E-state index in [0.29, 0.717) is 23.0 Å². The van der Waals surface area contributed by atoms with Gasteiger partial charge in [-0.1, -0.05) is 23.4 Å². The van der Waals surface area contributed by atoms with Crippen molar-refractivity contribution in [3.05, 3.63) is 78.2 Å². The summed E-state index contributed by atoms with van der Waals surface area (Å²) in [7, 11) is 0. The van der Waals surface area contributed by atoms with Crippen LogP contribution >= 0.6 is 0 Å². The molecular formula is C20H16N4O3. The van der Waals surface area contributed by atoms with E-state index in [-0.39, 0.29) is 5.57 Å². The molecule has 0 aliphatic carbocycles. The highest BCUT2D eigenvalue weighted by atomic mass is 16.5. The molecule has 0 bridgehead atoms. The van der Waals surface area contributed by atoms with Crippen molar-refractivity contribution in [3.63, 3.8) is 0 Å². The molecule has 134 valence electrons. The van der Waals surface area contributed by atoms with E-state index in [4.69, 9.17) is 9.26 Å². The maximum atomic E-state index is 12.2. The fraction of sp³-hybridized carbons (Fsp3) is 0.0500. The Hall–Kier alpha value is -4.05. The molecule has 2 aromatic carbocycles. The molecule has 1 amide bonds. The Kier molecular flexibility index (Phi) is 5.50. The van der Waals surface area contributed by atoms with E-state index in [1.54, 1.807) is 37.3 Å². The summed E-state index contributed by atoms with van der Waals surface area (Å²) in [6.45, 7) is 1.74. The molecular weight excluding hydrogens is 344 g/mol. The number of aryl methyl sites for hydroxylation is 1. The number of ether oxygens (including phenoxy) is 1. The lowest BCUT2D eigenvalue weighted by Gasteiger charge is -2.08. The number of nitrogens with zero attached hydrogens (tertiary/aromatic N) is 2. The van der Waals surface area contributed by atoms with Gasteiger partial charge >= 0.3 is 0 Å². The summed E-state index contributed by atoms with van der Waals surface area (Å²) in [5, 5.41) is 18.3. The van der Waals surface area contributed by atoms with Crippen molar-refractivity contribution in [2.45, 2.75) is 6.92 Å². The van der Waals surface area contributed by atoms with Gasteiger partial charge in [0, 0.05) is 18.0 Å². The van der Waals surface area contributed by atoms with Gasteiger partial charge in [0.2, 0.25) is 0 Å². The fourth-order valence-corrected chi connectivity index (χ4v) is 2.16. The molecule has 3 aromatic rings. The average molecular weight is 360 g/mol. The summed E-state index contributed by atoms with van der Waals surface area (Å²) in [6.07, 6.45) is 1.28. The summed E-state index contributed by atoms with van der Waals surface area (Å²) < 4.78 is 10.6. The molecule has 27 heavy (non-hydrogen) atoms. The third-order valence-electron chi connectivity index (χ3n) is 3.45. The average Bonchev–Trinajstić information content (AvgIpc) is 3.10. The van der Waals surface area contributed by atoms with Crippen molar-refractivity contribution in [2.75, 3.05) is 10.6 Å². The van der Waals surface area contributed by atoms with Crippen molar-refractivity contribution in [1.29, 1.82) is 5.26 Å². The molecule has 0 saturated carbocycles. The number of benzene rings is 2. The van der Waals surface area contributed by atoms with E-state index in [1.165, 1.54) is 6.20 Å². The van der Waals surface area contributed by atoms with E-state index in [1.807, 2.05) is 36.4 Å². The summed E-state index contributed by atoms with van der Waals surface area (Å²) in [6, 6.07) is 19.7. The van der Waals surface area contributed by atoms with Crippen molar-refractivity contribution in [3.8, 4) is 17.6 Å². The predicted octanol–water partition coefficient (Wildman–Crippen LogP) is 4.23. The van der Waals surface area contributed by atoms with Crippen LogP contribution in [0.25, 0.3) is 0 Å². The minimum Gasteiger partial charge on any atom is -0.457 e. The molecule has 1 aromatic heterocycles. The molecule has 0 aliphatic rings. The van der Waals surface area contributed by atoms with Gasteiger partial charge in [-0.2, -0.15) is 5.26 Å². The molecule has 0 unspecified atom stereocenters. The Morgan fingerprint density at radius 2 is 1.85 bits per heavy atom. The van der Waals surface area contributed by atoms with Crippen molar-refractivity contribution < 1.29 is 14.1 Å². The second-order valence-corrected chi connectivity index (χ2v) is 5.53. The van der Waals surface area contributed by atoms with Crippen LogP contribution in [0.3, 0.4) is 0 Å². The molecule has 0 aliphatic heterocycles. The number of amides is 1. The SMILES string of the molecule is Cc1cc(N/C=C(/C#N)C(=O)Nc2ccc(Oc3ccccc3)cc2)no1. The van der Waals surface area contributed by atoms with E-state index in [0.717, 1.165) is 5.75 Å². The number of hydrogen-bond acceptors (Lipinski definition) is 6. The zero-order chi connectivity index (χ0) is 19.1. The number of para-hydroxylation sites is 1. The minimum atomic E-state index is -0.540. The molecule has 0 fully saturated rings. The number of aromatic nitrogens is 1. The Morgan fingerprint density at radius 3 is 2.48 bits per heavy atom. The van der Waals surface area contributed by atoms with Crippen LogP contribution in [-0.2, 0) is 4.79 Å². The van der Waals surface area contributed by atoms with Crippen LogP contribution in [0.4, 0.5) is 11.5 Å². The largest absolute Gasteiger partial charge is 0.457 e. The van der Waals surface area contributed by atoms with Crippen LogP contribution in [0.2, 0.25) is 0 Å². The second kappa shape index (κ2) is 8.36. The van der Waals surface area contributed by atoms with Gasteiger partial charge in [0.15, 0.2) is 5.82 Å². The van der Waals surface area contributed by atoms with Gasteiger partial charge < -0.3 is 19.9 Å². The van der Waals surface area contributed by atoms with Crippen LogP contribution in [0, 0.1) is 18.3 Å². The summed E-state index contributed by atoms with van der Waals surface area (Å²) in [4.78, 5) is 12.2. The van der Waals surface area contributed by atoms with E-state index >= 15 is 0 Å². The lowest BCUT2D eigenvalue weighted by atomic mass is 10.2. The van der Waals surface area contributed by atoms with Gasteiger partial charge in [0.1, 0.15) is 28.9 Å². The van der Waals surface area contributed by atoms with Gasteiger partial charge in [-0.25, -0.2) is 0 Å². The van der Waals surface area contributed by atoms with Gasteiger partial charge in [-0.3, -0.25) is 4.79 Å². The number of anilines is 2. The second-order valence-electron chi connectivity index (χ2n) is 5.53. The molecule has 2 N–H and O–H groups in total. The zero-order valence-electron chi connectivity index (χ0n) is 14.5. The third kappa shape index (κ3) is 4.96. The van der Waals surface area contributed by atoms with Gasteiger partial charge in [0.25, 0.3) is 5.91 Å². The normalized spacial score (nSPS) is 10.7. The van der Waals surface area contributed by atoms with E-state index in [9.17, 15) is 10.1 Å². The lowest BCUT2D eigenvalue weighted by Crippen LogP contribution is -2.14. The van der Waals surface area contributed by atoms with Gasteiger partial charge in [-0.15, -0.1) is 0 Å². The number of nitriles is 1. The van der Waals surface area contributed by atoms with Crippen LogP contribution in [0.1, 0.15) is 5.76 Å². The quantitative estimate of drug-likeness (QED) is 0.504. The number of rotatable bonds is 6. The van der Waals surface area contributed by atoms with Crippen LogP contribution < -0.4 is 15.4 Å². The van der Waals surface area contributed by atoms with Crippen LogP contribution in [-0.4, -0.2) is 11.1 Å². The first kappa shape index (κ1) is 17.8. The summed E-state index contributed by atoms with van der Waals surface area (Å²) in [5.74, 6) is 1.85. The molecule has 0 saturated heterocycles. The Bertz CT molecular complexity index is 986. The van der Waals surface area contributed by atoms with Crippen molar-refractivity contribution in [2.24, 2.45) is 0 Å². The monoisotopic (exact) mass is 360 g/mol. The number of carbonyl (C=O) groups excluding carboxylic acids is 1. The minimum absolute atomic E-state index is 0.0970. The molecule has 1 heterocycles. The Labute approximate surface area is 155 Å². The highest BCUT2D eigenvalue weighted by Crippen LogP contribution is 2.22. The van der Waals surface area contributed by atoms with Gasteiger partial charge in [-0.05, 0) is 43.3 Å². The Balaban J connectivity index is 1.61. The molecule has 7 heteroatoms. The molecule has 7 nitrogen and oxygen atoms in total. The number of carbonyl (C=O) groups is 1. The van der Waals surface area contributed by atoms with Crippen LogP contribution in [0.15, 0.2) is 77.0 Å². The van der Waals surface area contributed by atoms with E-state index in [2.05, 4.69) is 15.8 Å². The number of hydrogen-bond donors (Lipinski definition) is 2. The molecule has 0 spiro atoms. The molecule has 3 rings (SSSR count). The predicted molar refractivity (Wildman–Crippen MR) is 100 cm³/mol. The first-order valence-electron chi connectivity index (χ1n) is 8.08. The highest BCUT2D eigenvalue weighted by Gasteiger charge is 2.10. The fourth-order valence-electron chi connectivity index (χ4n) is 2.16. The van der Waals surface area contributed by atoms with Crippen molar-refractivity contribution in [1.82, 2.24) is 5.16 Å². The smallest absolute Gasteiger partial charge is 0.267 e. The highest BCUT2D eigenvalue weighted by molar-refractivity contribution is 6.06. The van der Waals surface area contributed by atoms with Gasteiger partial charge in [0.05, 0.1) is 0 Å². The summed E-state index contributed by atoms with van der Waals surface area (Å²) in [5.41, 5.74) is 0.444. The Morgan fingerprint density at radius 1 is 1.15 bits per heavy atom. The first-order chi connectivity index (χ1) is 13.1. The third-order valence-corrected chi connectivity index (χ3v) is 3.45. The molecule has 0 atom stereocenters. The van der Waals surface area contributed by atoms with Crippen molar-refractivity contribution >= 4 is 17.4 Å². The maximum absolute atomic E-state index is 12.2. The topological polar surface area (TPSA) is 100 Å². The lowest BCUT2D eigenvalue weighted by molar-refractivity contribution is -0.112. The van der Waals surface area contributed by atoms with E-state index < -0.39 is 5.91 Å².